The molecular weight excluding hydrogens is 190 g/mol. The zero-order valence-corrected chi connectivity index (χ0v) is 8.77. The first-order valence-electron chi connectivity index (χ1n) is 4.92. The zero-order chi connectivity index (χ0) is 11.1. The van der Waals surface area contributed by atoms with E-state index in [0.29, 0.717) is 12.8 Å². The van der Waals surface area contributed by atoms with Gasteiger partial charge in [0.05, 0.1) is 29.9 Å². The third-order valence-electron chi connectivity index (χ3n) is 2.23. The van der Waals surface area contributed by atoms with Gasteiger partial charge in [-0.15, -0.1) is 5.10 Å². The lowest BCUT2D eigenvalue weighted by Gasteiger charge is -2.01. The van der Waals surface area contributed by atoms with Gasteiger partial charge in [0, 0.05) is 13.0 Å². The molecule has 0 spiro atoms. The van der Waals surface area contributed by atoms with Crippen LogP contribution in [-0.2, 0) is 13.0 Å². The number of hydrogen-bond donors (Lipinski definition) is 0. The number of aryl methyl sites for hydroxylation is 1. The predicted molar refractivity (Wildman–Crippen MR) is 53.5 cm³/mol. The Kier molecular flexibility index (Phi) is 4.30. The fourth-order valence-electron chi connectivity index (χ4n) is 1.31. The number of rotatable bonds is 5. The normalized spacial score (nSPS) is 9.53. The summed E-state index contributed by atoms with van der Waals surface area (Å²) in [6.45, 7) is 2.68. The van der Waals surface area contributed by atoms with E-state index in [1.54, 1.807) is 4.68 Å². The molecule has 1 aromatic heterocycles. The minimum atomic E-state index is 0.310. The van der Waals surface area contributed by atoms with Crippen molar-refractivity contribution in [1.29, 1.82) is 10.5 Å². The minimum Gasteiger partial charge on any atom is -0.249 e. The van der Waals surface area contributed by atoms with E-state index in [1.807, 2.05) is 6.92 Å². The molecule has 0 amide bonds. The van der Waals surface area contributed by atoms with E-state index >= 15 is 0 Å². The van der Waals surface area contributed by atoms with Gasteiger partial charge in [-0.3, -0.25) is 0 Å². The molecule has 5 heteroatoms. The van der Waals surface area contributed by atoms with Crippen molar-refractivity contribution in [2.75, 3.05) is 0 Å². The molecule has 78 valence electrons. The van der Waals surface area contributed by atoms with Gasteiger partial charge in [0.2, 0.25) is 0 Å². The molecule has 0 saturated heterocycles. The maximum Gasteiger partial charge on any atom is 0.0996 e. The van der Waals surface area contributed by atoms with E-state index in [4.69, 9.17) is 10.5 Å². The van der Waals surface area contributed by atoms with E-state index in [0.717, 1.165) is 30.8 Å². The molecule has 1 rings (SSSR count). The average molecular weight is 203 g/mol. The number of hydrogen-bond acceptors (Lipinski definition) is 4. The van der Waals surface area contributed by atoms with E-state index < -0.39 is 0 Å². The van der Waals surface area contributed by atoms with Gasteiger partial charge < -0.3 is 0 Å². The van der Waals surface area contributed by atoms with E-state index in [-0.39, 0.29) is 0 Å². The Hall–Kier alpha value is -1.88. The molecule has 0 aliphatic rings. The average Bonchev–Trinajstić information content (AvgIpc) is 2.57. The summed E-state index contributed by atoms with van der Waals surface area (Å²) < 4.78 is 1.80. The topological polar surface area (TPSA) is 78.3 Å². The molecular formula is C10H13N5. The van der Waals surface area contributed by atoms with Crippen LogP contribution in [0.4, 0.5) is 0 Å². The Labute approximate surface area is 88.9 Å². The van der Waals surface area contributed by atoms with Crippen molar-refractivity contribution in [3.8, 4) is 12.1 Å². The van der Waals surface area contributed by atoms with Crippen molar-refractivity contribution in [3.63, 3.8) is 0 Å². The van der Waals surface area contributed by atoms with Gasteiger partial charge in [-0.2, -0.15) is 10.5 Å². The highest BCUT2D eigenvalue weighted by Gasteiger charge is 2.06. The molecule has 1 heterocycles. The summed E-state index contributed by atoms with van der Waals surface area (Å²) in [4.78, 5) is 0. The van der Waals surface area contributed by atoms with Crippen molar-refractivity contribution >= 4 is 0 Å². The summed E-state index contributed by atoms with van der Waals surface area (Å²) in [5.41, 5.74) is 1.70. The van der Waals surface area contributed by atoms with Crippen molar-refractivity contribution < 1.29 is 0 Å². The van der Waals surface area contributed by atoms with Crippen LogP contribution in [0.15, 0.2) is 0 Å². The number of nitrogens with zero attached hydrogens (tertiary/aromatic N) is 5. The zero-order valence-electron chi connectivity index (χ0n) is 8.77. The minimum absolute atomic E-state index is 0.310. The molecule has 0 atom stereocenters. The lowest BCUT2D eigenvalue weighted by Crippen LogP contribution is -2.02. The van der Waals surface area contributed by atoms with Gasteiger partial charge >= 0.3 is 0 Å². The standard InChI is InChI=1S/C10H13N5/c1-9-10(5-7-12)13-14-15(9)8-4-2-3-6-11/h2-5,8H2,1H3. The van der Waals surface area contributed by atoms with E-state index in [9.17, 15) is 0 Å². The monoisotopic (exact) mass is 203 g/mol. The van der Waals surface area contributed by atoms with Crippen LogP contribution < -0.4 is 0 Å². The van der Waals surface area contributed by atoms with Crippen LogP contribution in [-0.4, -0.2) is 15.0 Å². The highest BCUT2D eigenvalue weighted by Crippen LogP contribution is 2.06. The summed E-state index contributed by atoms with van der Waals surface area (Å²) >= 11 is 0. The second kappa shape index (κ2) is 5.77. The van der Waals surface area contributed by atoms with Crippen LogP contribution in [0, 0.1) is 29.6 Å². The van der Waals surface area contributed by atoms with Gasteiger partial charge in [0.15, 0.2) is 0 Å². The van der Waals surface area contributed by atoms with Crippen LogP contribution >= 0.6 is 0 Å². The first kappa shape index (κ1) is 11.2. The highest BCUT2D eigenvalue weighted by atomic mass is 15.4. The number of aromatic nitrogens is 3. The largest absolute Gasteiger partial charge is 0.249 e. The predicted octanol–water partition coefficient (Wildman–Crippen LogP) is 1.35. The molecule has 0 radical (unpaired) electrons. The van der Waals surface area contributed by atoms with Crippen LogP contribution in [0.3, 0.4) is 0 Å². The molecule has 0 unspecified atom stereocenters. The van der Waals surface area contributed by atoms with Gasteiger partial charge in [-0.1, -0.05) is 5.21 Å². The van der Waals surface area contributed by atoms with E-state index in [1.165, 1.54) is 0 Å². The number of unbranched alkanes of at least 4 members (excludes halogenated alkanes) is 2. The quantitative estimate of drug-likeness (QED) is 0.676. The molecule has 5 nitrogen and oxygen atoms in total. The molecule has 0 saturated carbocycles. The summed E-state index contributed by atoms with van der Waals surface area (Å²) in [7, 11) is 0. The van der Waals surface area contributed by atoms with Gasteiger partial charge in [-0.25, -0.2) is 4.68 Å². The lowest BCUT2D eigenvalue weighted by atomic mass is 10.2. The van der Waals surface area contributed by atoms with Crippen LogP contribution in [0.1, 0.15) is 30.7 Å². The molecule has 0 aliphatic heterocycles. The number of nitriles is 2. The van der Waals surface area contributed by atoms with Gasteiger partial charge in [-0.05, 0) is 19.8 Å². The van der Waals surface area contributed by atoms with Crippen LogP contribution in [0.2, 0.25) is 0 Å². The second-order valence-corrected chi connectivity index (χ2v) is 3.29. The molecule has 0 N–H and O–H groups in total. The summed E-state index contributed by atoms with van der Waals surface area (Å²) in [5, 5.41) is 24.8. The SMILES string of the molecule is Cc1c(CC#N)nnn1CCCCC#N. The Morgan fingerprint density at radius 1 is 1.27 bits per heavy atom. The Balaban J connectivity index is 2.49. The maximum atomic E-state index is 8.54. The second-order valence-electron chi connectivity index (χ2n) is 3.29. The smallest absolute Gasteiger partial charge is 0.0996 e. The molecule has 1 aromatic rings. The Morgan fingerprint density at radius 3 is 2.73 bits per heavy atom. The third kappa shape index (κ3) is 3.07. The molecule has 15 heavy (non-hydrogen) atoms. The summed E-state index contributed by atoms with van der Waals surface area (Å²) in [6.07, 6.45) is 2.69. The van der Waals surface area contributed by atoms with Gasteiger partial charge in [0.1, 0.15) is 0 Å². The fraction of sp³-hybridized carbons (Fsp3) is 0.600. The third-order valence-corrected chi connectivity index (χ3v) is 2.23. The molecule has 0 aliphatic carbocycles. The van der Waals surface area contributed by atoms with Crippen molar-refractivity contribution in [3.05, 3.63) is 11.4 Å². The molecule has 0 bridgehead atoms. The first-order chi connectivity index (χ1) is 7.29. The van der Waals surface area contributed by atoms with Crippen LogP contribution in [0.25, 0.3) is 0 Å². The maximum absolute atomic E-state index is 8.54. The summed E-state index contributed by atoms with van der Waals surface area (Å²) in [5.74, 6) is 0. The molecule has 0 aromatic carbocycles. The van der Waals surface area contributed by atoms with Crippen LogP contribution in [0.5, 0.6) is 0 Å². The first-order valence-corrected chi connectivity index (χ1v) is 4.92. The lowest BCUT2D eigenvalue weighted by molar-refractivity contribution is 0.534. The summed E-state index contributed by atoms with van der Waals surface area (Å²) in [6, 6.07) is 4.16. The van der Waals surface area contributed by atoms with Crippen molar-refractivity contribution in [1.82, 2.24) is 15.0 Å². The van der Waals surface area contributed by atoms with Crippen molar-refractivity contribution in [2.45, 2.75) is 39.2 Å². The Morgan fingerprint density at radius 2 is 2.07 bits per heavy atom. The van der Waals surface area contributed by atoms with Gasteiger partial charge in [0.25, 0.3) is 0 Å². The molecule has 0 fully saturated rings. The Bertz CT molecular complexity index is 393. The highest BCUT2D eigenvalue weighted by molar-refractivity contribution is 5.11. The van der Waals surface area contributed by atoms with E-state index in [2.05, 4.69) is 22.5 Å². The fourth-order valence-corrected chi connectivity index (χ4v) is 1.31. The van der Waals surface area contributed by atoms with Crippen molar-refractivity contribution in [2.24, 2.45) is 0 Å².